The Morgan fingerprint density at radius 2 is 2.58 bits per heavy atom. The van der Waals surface area contributed by atoms with Crippen LogP contribution in [0, 0.1) is 11.3 Å². The molecule has 4 heteroatoms. The fourth-order valence-electron chi connectivity index (χ4n) is 0.827. The van der Waals surface area contributed by atoms with Gasteiger partial charge in [-0.1, -0.05) is 6.92 Å². The first-order valence-electron chi connectivity index (χ1n) is 3.57. The van der Waals surface area contributed by atoms with Crippen LogP contribution in [0.5, 0.6) is 0 Å². The van der Waals surface area contributed by atoms with E-state index < -0.39 is 0 Å². The van der Waals surface area contributed by atoms with E-state index in [0.717, 1.165) is 4.88 Å². The minimum absolute atomic E-state index is 0.558. The SMILES string of the molecule is CCC(C#N)=C(N)c1cncs1. The molecule has 3 nitrogen and oxygen atoms in total. The van der Waals surface area contributed by atoms with Crippen molar-refractivity contribution in [3.63, 3.8) is 0 Å². The molecule has 0 saturated carbocycles. The molecule has 0 aliphatic carbocycles. The monoisotopic (exact) mass is 179 g/mol. The molecule has 1 heterocycles. The first-order chi connectivity index (χ1) is 5.79. The van der Waals surface area contributed by atoms with Crippen molar-refractivity contribution < 1.29 is 0 Å². The Kier molecular flexibility index (Phi) is 2.83. The number of aromatic nitrogens is 1. The van der Waals surface area contributed by atoms with Gasteiger partial charge in [-0.2, -0.15) is 5.26 Å². The zero-order valence-corrected chi connectivity index (χ0v) is 7.56. The van der Waals surface area contributed by atoms with Crippen molar-refractivity contribution in [1.82, 2.24) is 4.98 Å². The molecule has 2 N–H and O–H groups in total. The number of nitrogens with zero attached hydrogens (tertiary/aromatic N) is 2. The maximum absolute atomic E-state index is 8.69. The summed E-state index contributed by atoms with van der Waals surface area (Å²) in [5.41, 5.74) is 8.62. The maximum atomic E-state index is 8.69. The summed E-state index contributed by atoms with van der Waals surface area (Å²) in [5, 5.41) is 8.69. The zero-order valence-electron chi connectivity index (χ0n) is 6.74. The molecule has 0 aromatic carbocycles. The van der Waals surface area contributed by atoms with Crippen molar-refractivity contribution >= 4 is 17.0 Å². The number of hydrogen-bond acceptors (Lipinski definition) is 4. The topological polar surface area (TPSA) is 62.7 Å². The van der Waals surface area contributed by atoms with Gasteiger partial charge in [0.05, 0.1) is 27.7 Å². The van der Waals surface area contributed by atoms with E-state index in [4.69, 9.17) is 11.0 Å². The van der Waals surface area contributed by atoms with Crippen LogP contribution < -0.4 is 5.73 Å². The molecule has 0 aliphatic heterocycles. The lowest BCUT2D eigenvalue weighted by molar-refractivity contribution is 1.15. The highest BCUT2D eigenvalue weighted by Gasteiger charge is 2.04. The van der Waals surface area contributed by atoms with Crippen molar-refractivity contribution in [3.05, 3.63) is 22.2 Å². The van der Waals surface area contributed by atoms with Gasteiger partial charge in [0.15, 0.2) is 0 Å². The van der Waals surface area contributed by atoms with E-state index in [1.54, 1.807) is 11.7 Å². The van der Waals surface area contributed by atoms with Crippen LogP contribution in [0.2, 0.25) is 0 Å². The van der Waals surface area contributed by atoms with Crippen LogP contribution in [0.4, 0.5) is 0 Å². The lowest BCUT2D eigenvalue weighted by Gasteiger charge is -1.98. The molecular weight excluding hydrogens is 170 g/mol. The molecule has 1 aromatic heterocycles. The Morgan fingerprint density at radius 1 is 1.83 bits per heavy atom. The lowest BCUT2D eigenvalue weighted by atomic mass is 10.1. The molecule has 0 unspecified atom stereocenters. The van der Waals surface area contributed by atoms with E-state index in [0.29, 0.717) is 17.7 Å². The van der Waals surface area contributed by atoms with E-state index in [9.17, 15) is 0 Å². The van der Waals surface area contributed by atoms with Crippen LogP contribution in [0.1, 0.15) is 18.2 Å². The van der Waals surface area contributed by atoms with Crippen LogP contribution in [0.25, 0.3) is 5.70 Å². The molecular formula is C8H9N3S. The predicted octanol–water partition coefficient (Wildman–Crippen LogP) is 1.75. The van der Waals surface area contributed by atoms with Gasteiger partial charge in [0.25, 0.3) is 0 Å². The minimum Gasteiger partial charge on any atom is -0.397 e. The summed E-state index contributed by atoms with van der Waals surface area (Å²) >= 11 is 1.44. The summed E-state index contributed by atoms with van der Waals surface area (Å²) in [6.45, 7) is 1.91. The number of nitrogens with two attached hydrogens (primary N) is 1. The molecule has 0 bridgehead atoms. The van der Waals surface area contributed by atoms with Gasteiger partial charge in [0, 0.05) is 6.20 Å². The fourth-order valence-corrected chi connectivity index (χ4v) is 1.43. The van der Waals surface area contributed by atoms with Gasteiger partial charge in [-0.25, -0.2) is 0 Å². The third-order valence-corrected chi connectivity index (χ3v) is 2.32. The lowest BCUT2D eigenvalue weighted by Crippen LogP contribution is -1.98. The summed E-state index contributed by atoms with van der Waals surface area (Å²) in [6.07, 6.45) is 2.34. The number of allylic oxidation sites excluding steroid dienone is 1. The van der Waals surface area contributed by atoms with E-state index >= 15 is 0 Å². The van der Waals surface area contributed by atoms with Crippen molar-refractivity contribution in [2.75, 3.05) is 0 Å². The molecule has 0 aliphatic rings. The number of nitriles is 1. The van der Waals surface area contributed by atoms with E-state index in [2.05, 4.69) is 11.1 Å². The Morgan fingerprint density at radius 3 is 3.00 bits per heavy atom. The van der Waals surface area contributed by atoms with Crippen LogP contribution in [0.3, 0.4) is 0 Å². The van der Waals surface area contributed by atoms with E-state index in [1.165, 1.54) is 11.3 Å². The van der Waals surface area contributed by atoms with Gasteiger partial charge in [-0.15, -0.1) is 11.3 Å². The molecule has 0 radical (unpaired) electrons. The summed E-state index contributed by atoms with van der Waals surface area (Å²) in [5.74, 6) is 0. The highest BCUT2D eigenvalue weighted by atomic mass is 32.1. The molecule has 0 atom stereocenters. The molecule has 0 saturated heterocycles. The first-order valence-corrected chi connectivity index (χ1v) is 4.45. The normalized spacial score (nSPS) is 12.0. The third kappa shape index (κ3) is 1.63. The summed E-state index contributed by atoms with van der Waals surface area (Å²) in [4.78, 5) is 4.76. The Balaban J connectivity index is 3.05. The summed E-state index contributed by atoms with van der Waals surface area (Å²) < 4.78 is 0. The molecule has 12 heavy (non-hydrogen) atoms. The average molecular weight is 179 g/mol. The average Bonchev–Trinajstić information content (AvgIpc) is 2.58. The number of rotatable bonds is 2. The largest absolute Gasteiger partial charge is 0.397 e. The third-order valence-electron chi connectivity index (χ3n) is 1.51. The Labute approximate surface area is 75.2 Å². The summed E-state index contributed by atoms with van der Waals surface area (Å²) in [6, 6.07) is 2.07. The molecule has 62 valence electrons. The maximum Gasteiger partial charge on any atom is 0.0969 e. The van der Waals surface area contributed by atoms with Gasteiger partial charge < -0.3 is 5.73 Å². The first kappa shape index (κ1) is 8.75. The predicted molar refractivity (Wildman–Crippen MR) is 49.1 cm³/mol. The molecule has 1 aromatic rings. The van der Waals surface area contributed by atoms with Gasteiger partial charge >= 0.3 is 0 Å². The van der Waals surface area contributed by atoms with Gasteiger partial charge in [-0.3, -0.25) is 4.98 Å². The van der Waals surface area contributed by atoms with Crippen molar-refractivity contribution in [1.29, 1.82) is 5.26 Å². The second-order valence-corrected chi connectivity index (χ2v) is 3.11. The minimum atomic E-state index is 0.558. The van der Waals surface area contributed by atoms with Crippen molar-refractivity contribution in [2.45, 2.75) is 13.3 Å². The van der Waals surface area contributed by atoms with Crippen LogP contribution >= 0.6 is 11.3 Å². The Bertz CT molecular complexity index is 319. The molecule has 0 spiro atoms. The fraction of sp³-hybridized carbons (Fsp3) is 0.250. The number of hydrogen-bond donors (Lipinski definition) is 1. The smallest absolute Gasteiger partial charge is 0.0969 e. The highest BCUT2D eigenvalue weighted by molar-refractivity contribution is 7.10. The second kappa shape index (κ2) is 3.88. The standard InChI is InChI=1S/C8H9N3S/c1-2-6(3-9)8(10)7-4-11-5-12-7/h4-5H,2,10H2,1H3. The van der Waals surface area contributed by atoms with Crippen molar-refractivity contribution in [2.24, 2.45) is 5.73 Å². The van der Waals surface area contributed by atoms with Gasteiger partial charge in [0.1, 0.15) is 0 Å². The van der Waals surface area contributed by atoms with Crippen molar-refractivity contribution in [3.8, 4) is 6.07 Å². The van der Waals surface area contributed by atoms with Crippen LogP contribution in [-0.2, 0) is 0 Å². The van der Waals surface area contributed by atoms with Gasteiger partial charge in [-0.05, 0) is 6.42 Å². The van der Waals surface area contributed by atoms with Crippen LogP contribution in [0.15, 0.2) is 17.3 Å². The molecule has 0 amide bonds. The van der Waals surface area contributed by atoms with E-state index in [-0.39, 0.29) is 0 Å². The highest BCUT2D eigenvalue weighted by Crippen LogP contribution is 2.18. The molecule has 1 rings (SSSR count). The second-order valence-electron chi connectivity index (χ2n) is 2.22. The number of thiazole rings is 1. The van der Waals surface area contributed by atoms with Gasteiger partial charge in [0.2, 0.25) is 0 Å². The Hall–Kier alpha value is -1.34. The zero-order chi connectivity index (χ0) is 8.97. The summed E-state index contributed by atoms with van der Waals surface area (Å²) in [7, 11) is 0. The van der Waals surface area contributed by atoms with Crippen LogP contribution in [-0.4, -0.2) is 4.98 Å². The molecule has 0 fully saturated rings. The quantitative estimate of drug-likeness (QED) is 0.703. The van der Waals surface area contributed by atoms with E-state index in [1.807, 2.05) is 6.92 Å².